The first-order valence-corrected chi connectivity index (χ1v) is 12.7. The summed E-state index contributed by atoms with van der Waals surface area (Å²) in [5, 5.41) is 10.7. The standard InChI is InChI=1S/C24H36N2O2Si/c1-16(2)29(17(3)4,18(5)6)28-15-21-13-25-20(8)24(27)23(21)14-26-22-11-9-19(7)10-12-22/h9-14,16-18,27H,15H2,1-8H3. The van der Waals surface area contributed by atoms with Crippen LogP contribution in [0.1, 0.15) is 63.9 Å². The number of aliphatic imine (C=N–C) groups is 1. The van der Waals surface area contributed by atoms with Crippen molar-refractivity contribution in [3.05, 3.63) is 52.8 Å². The molecule has 0 unspecified atom stereocenters. The average molecular weight is 413 g/mol. The topological polar surface area (TPSA) is 54.7 Å². The SMILES string of the molecule is Cc1ccc(N=Cc2c(CO[Si](C(C)C)(C(C)C)C(C)C)cnc(C)c2O)cc1. The van der Waals surface area contributed by atoms with E-state index in [-0.39, 0.29) is 5.75 Å². The lowest BCUT2D eigenvalue weighted by atomic mass is 10.1. The van der Waals surface area contributed by atoms with Gasteiger partial charge in [0.05, 0.1) is 18.0 Å². The summed E-state index contributed by atoms with van der Waals surface area (Å²) in [6.07, 6.45) is 3.54. The fourth-order valence-corrected chi connectivity index (χ4v) is 9.79. The van der Waals surface area contributed by atoms with Gasteiger partial charge in [-0.2, -0.15) is 0 Å². The lowest BCUT2D eigenvalue weighted by Gasteiger charge is -2.42. The molecule has 0 saturated carbocycles. The van der Waals surface area contributed by atoms with Crippen LogP contribution in [0.5, 0.6) is 5.75 Å². The molecule has 0 radical (unpaired) electrons. The molecular formula is C24H36N2O2Si. The smallest absolute Gasteiger partial charge is 0.200 e. The van der Waals surface area contributed by atoms with Gasteiger partial charge in [0.15, 0.2) is 0 Å². The zero-order chi connectivity index (χ0) is 21.8. The second-order valence-corrected chi connectivity index (χ2v) is 14.3. The summed E-state index contributed by atoms with van der Waals surface area (Å²) >= 11 is 0. The zero-order valence-corrected chi connectivity index (χ0v) is 20.2. The third kappa shape index (κ3) is 5.14. The van der Waals surface area contributed by atoms with Gasteiger partial charge in [0.25, 0.3) is 0 Å². The molecule has 0 aliphatic heterocycles. The summed E-state index contributed by atoms with van der Waals surface area (Å²) in [6, 6.07) is 8.01. The van der Waals surface area contributed by atoms with Crippen molar-refractivity contribution in [1.82, 2.24) is 4.98 Å². The first kappa shape index (κ1) is 23.3. The Kier molecular flexibility index (Phi) is 7.78. The van der Waals surface area contributed by atoms with Crippen molar-refractivity contribution in [2.24, 2.45) is 4.99 Å². The van der Waals surface area contributed by atoms with Crippen LogP contribution in [0.25, 0.3) is 0 Å². The minimum Gasteiger partial charge on any atom is -0.505 e. The number of rotatable bonds is 8. The number of aromatic hydroxyl groups is 1. The molecule has 0 amide bonds. The van der Waals surface area contributed by atoms with E-state index in [0.717, 1.165) is 11.3 Å². The Bertz CT molecular complexity index is 821. The van der Waals surface area contributed by atoms with E-state index in [4.69, 9.17) is 4.43 Å². The van der Waals surface area contributed by atoms with E-state index in [1.807, 2.05) is 30.5 Å². The summed E-state index contributed by atoms with van der Waals surface area (Å²) in [6.45, 7) is 17.9. The van der Waals surface area contributed by atoms with Gasteiger partial charge in [-0.15, -0.1) is 0 Å². The van der Waals surface area contributed by atoms with E-state index in [1.165, 1.54) is 5.56 Å². The van der Waals surface area contributed by atoms with Crippen LogP contribution in [0.15, 0.2) is 35.5 Å². The van der Waals surface area contributed by atoms with Crippen molar-refractivity contribution in [2.45, 2.75) is 78.6 Å². The van der Waals surface area contributed by atoms with Crippen LogP contribution >= 0.6 is 0 Å². The van der Waals surface area contributed by atoms with Crippen LogP contribution in [0.2, 0.25) is 16.6 Å². The highest BCUT2D eigenvalue weighted by Crippen LogP contribution is 2.43. The molecule has 0 aliphatic carbocycles. The van der Waals surface area contributed by atoms with Crippen molar-refractivity contribution < 1.29 is 9.53 Å². The second kappa shape index (κ2) is 9.68. The van der Waals surface area contributed by atoms with E-state index in [0.29, 0.717) is 34.5 Å². The third-order valence-electron chi connectivity index (χ3n) is 5.92. The Labute approximate surface area is 177 Å². The van der Waals surface area contributed by atoms with Crippen molar-refractivity contribution >= 4 is 20.2 Å². The third-order valence-corrected chi connectivity index (χ3v) is 12.0. The molecule has 0 fully saturated rings. The number of pyridine rings is 1. The van der Waals surface area contributed by atoms with Gasteiger partial charge < -0.3 is 9.53 Å². The summed E-state index contributed by atoms with van der Waals surface area (Å²) in [4.78, 5) is 8.94. The first-order chi connectivity index (χ1) is 13.6. The number of hydrogen-bond acceptors (Lipinski definition) is 4. The van der Waals surface area contributed by atoms with Crippen LogP contribution in [0.3, 0.4) is 0 Å². The van der Waals surface area contributed by atoms with Gasteiger partial charge in [-0.25, -0.2) is 0 Å². The normalized spacial score (nSPS) is 12.7. The molecular weight excluding hydrogens is 376 g/mol. The van der Waals surface area contributed by atoms with Gasteiger partial charge in [0, 0.05) is 23.5 Å². The van der Waals surface area contributed by atoms with Crippen LogP contribution < -0.4 is 0 Å². The second-order valence-electron chi connectivity index (χ2n) is 8.83. The van der Waals surface area contributed by atoms with Gasteiger partial charge in [0.1, 0.15) is 5.75 Å². The lowest BCUT2D eigenvalue weighted by molar-refractivity contribution is 0.264. The summed E-state index contributed by atoms with van der Waals surface area (Å²) < 4.78 is 6.73. The number of benzene rings is 1. The van der Waals surface area contributed by atoms with Crippen molar-refractivity contribution in [3.63, 3.8) is 0 Å². The maximum atomic E-state index is 10.7. The van der Waals surface area contributed by atoms with Gasteiger partial charge in [0.2, 0.25) is 8.32 Å². The van der Waals surface area contributed by atoms with E-state index in [1.54, 1.807) is 13.1 Å². The molecule has 5 heteroatoms. The van der Waals surface area contributed by atoms with Gasteiger partial charge in [-0.05, 0) is 42.6 Å². The molecule has 2 aromatic rings. The highest BCUT2D eigenvalue weighted by molar-refractivity contribution is 6.77. The Morgan fingerprint density at radius 2 is 1.55 bits per heavy atom. The maximum Gasteiger partial charge on any atom is 0.200 e. The highest BCUT2D eigenvalue weighted by Gasteiger charge is 2.45. The molecule has 0 atom stereocenters. The molecule has 158 valence electrons. The predicted octanol–water partition coefficient (Wildman–Crippen LogP) is 6.85. The van der Waals surface area contributed by atoms with Crippen LogP contribution in [-0.2, 0) is 11.0 Å². The number of aryl methyl sites for hydroxylation is 2. The summed E-state index contributed by atoms with van der Waals surface area (Å²) in [5.74, 6) is 0.174. The molecule has 0 aliphatic rings. The maximum absolute atomic E-state index is 10.7. The summed E-state index contributed by atoms with van der Waals surface area (Å²) in [7, 11) is -2.01. The van der Waals surface area contributed by atoms with Crippen molar-refractivity contribution in [2.75, 3.05) is 0 Å². The van der Waals surface area contributed by atoms with Crippen molar-refractivity contribution in [3.8, 4) is 5.75 Å². The van der Waals surface area contributed by atoms with Gasteiger partial charge in [-0.1, -0.05) is 59.2 Å². The zero-order valence-electron chi connectivity index (χ0n) is 19.2. The van der Waals surface area contributed by atoms with Crippen LogP contribution in [0.4, 0.5) is 5.69 Å². The molecule has 1 aromatic heterocycles. The summed E-state index contributed by atoms with van der Waals surface area (Å²) in [5.41, 5.74) is 5.71. The minimum absolute atomic E-state index is 0.174. The molecule has 0 bridgehead atoms. The molecule has 29 heavy (non-hydrogen) atoms. The van der Waals surface area contributed by atoms with E-state index in [9.17, 15) is 5.11 Å². The lowest BCUT2D eigenvalue weighted by Crippen LogP contribution is -2.47. The Hall–Kier alpha value is -1.98. The van der Waals surface area contributed by atoms with Crippen LogP contribution in [-0.4, -0.2) is 24.6 Å². The Morgan fingerprint density at radius 1 is 1.00 bits per heavy atom. The monoisotopic (exact) mass is 412 g/mol. The fraction of sp³-hybridized carbons (Fsp3) is 0.500. The van der Waals surface area contributed by atoms with Gasteiger partial charge in [-0.3, -0.25) is 9.98 Å². The van der Waals surface area contributed by atoms with E-state index in [2.05, 4.69) is 58.4 Å². The molecule has 1 heterocycles. The number of nitrogens with zero attached hydrogens (tertiary/aromatic N) is 2. The fourth-order valence-electron chi connectivity index (χ4n) is 4.38. The quantitative estimate of drug-likeness (QED) is 0.381. The molecule has 2 rings (SSSR count). The highest BCUT2D eigenvalue weighted by atomic mass is 28.4. The van der Waals surface area contributed by atoms with Gasteiger partial charge >= 0.3 is 0 Å². The van der Waals surface area contributed by atoms with Crippen LogP contribution in [0, 0.1) is 13.8 Å². The molecule has 4 nitrogen and oxygen atoms in total. The number of aromatic nitrogens is 1. The molecule has 0 spiro atoms. The average Bonchev–Trinajstić information content (AvgIpc) is 2.65. The molecule has 1 N–H and O–H groups in total. The first-order valence-electron chi connectivity index (χ1n) is 10.5. The molecule has 0 saturated heterocycles. The minimum atomic E-state index is -2.01. The van der Waals surface area contributed by atoms with E-state index >= 15 is 0 Å². The Balaban J connectivity index is 2.38. The molecule has 1 aromatic carbocycles. The Morgan fingerprint density at radius 3 is 2.07 bits per heavy atom. The largest absolute Gasteiger partial charge is 0.505 e. The van der Waals surface area contributed by atoms with Crippen molar-refractivity contribution in [1.29, 1.82) is 0 Å². The number of hydrogen-bond donors (Lipinski definition) is 1. The predicted molar refractivity (Wildman–Crippen MR) is 125 cm³/mol. The van der Waals surface area contributed by atoms with E-state index < -0.39 is 8.32 Å².